The molecular weight excluding hydrogens is 1330 g/mol. The van der Waals surface area contributed by atoms with Crippen molar-refractivity contribution in [1.29, 1.82) is 0 Å². The lowest BCUT2D eigenvalue weighted by molar-refractivity contribution is 0.564. The van der Waals surface area contributed by atoms with E-state index in [-0.39, 0.29) is 37.9 Å². The van der Waals surface area contributed by atoms with Crippen LogP contribution >= 0.6 is 0 Å². The summed E-state index contributed by atoms with van der Waals surface area (Å²) in [5.74, 6) is 1.95. The molecule has 0 N–H and O–H groups in total. The quantitative estimate of drug-likeness (QED) is 0.173. The SMILES string of the molecule is CC(C)(C)c1ccc(-c2ccccc2)nc1.CC(C)(C)c1ccc(-n2c3ccccc3c3ccccc32)nc1.CC(C)(C)c1cccc(-n2c3ccccc3c3ccccc32)n1.CC(C)(C)c1cccnc1.CC(C)(C)c1ccncc1.CC(C)(C)c1ncccc1-c1ccccc1.[2H]C([2H])([2H])c1cccnc1C(C)(C)C. The maximum absolute atomic E-state index is 7.39. The molecule has 0 aliphatic carbocycles. The summed E-state index contributed by atoms with van der Waals surface area (Å²) in [6.45, 7) is 43.4. The molecular formula is C100H115N9. The number of fused-ring (bicyclic) bond motifs is 6. The minimum absolute atomic E-state index is 0.0365. The number of benzene rings is 6. The van der Waals surface area contributed by atoms with Gasteiger partial charge in [-0.2, -0.15) is 0 Å². The summed E-state index contributed by atoms with van der Waals surface area (Å²) < 4.78 is 26.7. The van der Waals surface area contributed by atoms with Crippen LogP contribution in [0, 0.1) is 6.85 Å². The first-order chi connectivity index (χ1) is 52.7. The minimum Gasteiger partial charge on any atom is -0.294 e. The third kappa shape index (κ3) is 22.1. The van der Waals surface area contributed by atoms with Crippen LogP contribution in [0.25, 0.3) is 77.6 Å². The summed E-state index contributed by atoms with van der Waals surface area (Å²) in [6.07, 6.45) is 14.9. The predicted octanol–water partition coefficient (Wildman–Crippen LogP) is 26.5. The number of aromatic nitrogens is 9. The molecule has 0 spiro atoms. The molecule has 0 amide bonds. The van der Waals surface area contributed by atoms with Crippen LogP contribution in [0.5, 0.6) is 0 Å². The summed E-state index contributed by atoms with van der Waals surface area (Å²) in [5, 5.41) is 5.08. The van der Waals surface area contributed by atoms with Gasteiger partial charge in [0.25, 0.3) is 0 Å². The van der Waals surface area contributed by atoms with Crippen molar-refractivity contribution in [2.24, 2.45) is 0 Å². The van der Waals surface area contributed by atoms with Crippen LogP contribution in [-0.4, -0.2) is 44.0 Å². The lowest BCUT2D eigenvalue weighted by Crippen LogP contribution is -2.14. The zero-order valence-electron chi connectivity index (χ0n) is 71.3. The molecule has 109 heavy (non-hydrogen) atoms. The number of nitrogens with zero attached hydrogens (tertiary/aromatic N) is 9. The molecule has 15 aromatic rings. The van der Waals surface area contributed by atoms with Crippen LogP contribution < -0.4 is 0 Å². The average Bonchev–Trinajstić information content (AvgIpc) is 1.62. The molecule has 9 aromatic heterocycles. The third-order valence-electron chi connectivity index (χ3n) is 18.6. The molecule has 0 radical (unpaired) electrons. The van der Waals surface area contributed by atoms with E-state index >= 15 is 0 Å². The van der Waals surface area contributed by atoms with E-state index in [4.69, 9.17) is 14.1 Å². The van der Waals surface area contributed by atoms with Crippen LogP contribution in [0.1, 0.15) is 194 Å². The molecule has 9 nitrogen and oxygen atoms in total. The highest BCUT2D eigenvalue weighted by atomic mass is 15.1. The van der Waals surface area contributed by atoms with E-state index in [0.717, 1.165) is 28.7 Å². The fourth-order valence-corrected chi connectivity index (χ4v) is 12.4. The molecule has 0 fully saturated rings. The third-order valence-corrected chi connectivity index (χ3v) is 18.6. The van der Waals surface area contributed by atoms with Gasteiger partial charge in [-0.05, 0) is 141 Å². The molecule has 0 bridgehead atoms. The van der Waals surface area contributed by atoms with Gasteiger partial charge < -0.3 is 0 Å². The van der Waals surface area contributed by atoms with Gasteiger partial charge in [0.1, 0.15) is 11.6 Å². The molecule has 0 aliphatic rings. The van der Waals surface area contributed by atoms with Crippen molar-refractivity contribution in [3.63, 3.8) is 0 Å². The molecule has 0 aliphatic heterocycles. The van der Waals surface area contributed by atoms with Crippen molar-refractivity contribution < 1.29 is 4.11 Å². The highest BCUT2D eigenvalue weighted by Crippen LogP contribution is 2.36. The number of aryl methyl sites for hydroxylation is 1. The number of hydrogen-bond donors (Lipinski definition) is 0. The molecule has 0 saturated heterocycles. The molecule has 0 unspecified atom stereocenters. The van der Waals surface area contributed by atoms with Crippen LogP contribution in [0.3, 0.4) is 0 Å². The van der Waals surface area contributed by atoms with E-state index in [0.29, 0.717) is 11.3 Å². The van der Waals surface area contributed by atoms with Crippen molar-refractivity contribution in [3.05, 3.63) is 343 Å². The Morgan fingerprint density at radius 2 is 0.688 bits per heavy atom. The van der Waals surface area contributed by atoms with Gasteiger partial charge in [0.15, 0.2) is 0 Å². The van der Waals surface area contributed by atoms with E-state index in [2.05, 4.69) is 359 Å². The van der Waals surface area contributed by atoms with Crippen LogP contribution in [0.2, 0.25) is 0 Å². The van der Waals surface area contributed by atoms with Crippen molar-refractivity contribution in [3.8, 4) is 34.0 Å². The lowest BCUT2D eigenvalue weighted by Gasteiger charge is -2.21. The monoisotopic (exact) mass is 1440 g/mol. The summed E-state index contributed by atoms with van der Waals surface area (Å²) in [6, 6.07) is 85.3. The zero-order valence-corrected chi connectivity index (χ0v) is 68.3. The first-order valence-corrected chi connectivity index (χ1v) is 37.9. The van der Waals surface area contributed by atoms with E-state index in [1.54, 1.807) is 24.5 Å². The first kappa shape index (κ1) is 77.6. The van der Waals surface area contributed by atoms with E-state index in [9.17, 15) is 0 Å². The predicted molar refractivity (Wildman–Crippen MR) is 465 cm³/mol. The standard InChI is InChI=1S/2C21H20N2.2C15H17N.C10H15N.2C9H13N/c1-21(2,3)19-13-8-14-20(22-19)23-17-11-6-4-9-15(17)16-10-5-7-12-18(16)23;1-21(2,3)15-12-13-20(22-14-15)23-18-10-6-4-8-16(18)17-9-5-7-11-19(17)23;1-15(2,3)14-13(10-7-11-16-14)12-8-5-4-6-9-12;1-15(2,3)13-9-10-14(16-11-13)12-7-5-4-6-8-12;1-8-6-5-7-11-9(8)10(2,3)4;1-9(2,3)8-4-6-10-7-5-8;1-9(2,3)8-5-4-6-10-7-8/h2*4-14H,1-3H3;2*4-11H,1-3H3;5-7H,1-4H3;2*4-7H,1-3H3/i;;;;1D3;;. The molecule has 6 aromatic carbocycles. The number of pyridine rings is 7. The smallest absolute Gasteiger partial charge is 0.137 e. The van der Waals surface area contributed by atoms with Gasteiger partial charge in [-0.15, -0.1) is 0 Å². The van der Waals surface area contributed by atoms with Gasteiger partial charge in [0, 0.05) is 114 Å². The van der Waals surface area contributed by atoms with Gasteiger partial charge in [0.2, 0.25) is 0 Å². The maximum atomic E-state index is 7.39. The summed E-state index contributed by atoms with van der Waals surface area (Å²) in [4.78, 5) is 30.9. The molecule has 9 heterocycles. The van der Waals surface area contributed by atoms with Crippen molar-refractivity contribution >= 4 is 43.6 Å². The van der Waals surface area contributed by atoms with Crippen molar-refractivity contribution in [1.82, 2.24) is 44.0 Å². The summed E-state index contributed by atoms with van der Waals surface area (Å²) in [5.41, 5.74) is 18.5. The first-order valence-electron chi connectivity index (χ1n) is 39.4. The Morgan fingerprint density at radius 1 is 0.266 bits per heavy atom. The largest absolute Gasteiger partial charge is 0.294 e. The number of para-hydroxylation sites is 4. The van der Waals surface area contributed by atoms with Gasteiger partial charge in [-0.1, -0.05) is 315 Å². The minimum atomic E-state index is -2.07. The second-order valence-corrected chi connectivity index (χ2v) is 34.7. The maximum Gasteiger partial charge on any atom is 0.137 e. The van der Waals surface area contributed by atoms with Crippen molar-refractivity contribution in [2.45, 2.75) is 190 Å². The number of rotatable bonds is 4. The second-order valence-electron chi connectivity index (χ2n) is 34.7. The Labute approximate surface area is 655 Å². The van der Waals surface area contributed by atoms with Gasteiger partial charge >= 0.3 is 0 Å². The van der Waals surface area contributed by atoms with Gasteiger partial charge in [0.05, 0.1) is 33.5 Å². The van der Waals surface area contributed by atoms with Crippen molar-refractivity contribution in [2.75, 3.05) is 0 Å². The normalized spacial score (nSPS) is 12.3. The Balaban J connectivity index is 0.000000153. The fourth-order valence-electron chi connectivity index (χ4n) is 12.4. The summed E-state index contributed by atoms with van der Waals surface area (Å²) >= 11 is 0. The molecule has 0 atom stereocenters. The van der Waals surface area contributed by atoms with Crippen LogP contribution in [0.15, 0.2) is 298 Å². The van der Waals surface area contributed by atoms with E-state index in [1.165, 1.54) is 82.6 Å². The van der Waals surface area contributed by atoms with Gasteiger partial charge in [-0.25, -0.2) is 9.97 Å². The molecule has 0 saturated carbocycles. The average molecular weight is 1450 g/mol. The topological polar surface area (TPSA) is 100 Å². The Morgan fingerprint density at radius 3 is 1.08 bits per heavy atom. The number of hydrogen-bond acceptors (Lipinski definition) is 7. The zero-order chi connectivity index (χ0) is 81.5. The fraction of sp³-hybridized carbons (Fsp3) is 0.290. The van der Waals surface area contributed by atoms with E-state index in [1.807, 2.05) is 94.4 Å². The van der Waals surface area contributed by atoms with Gasteiger partial charge in [-0.3, -0.25) is 34.1 Å². The second kappa shape index (κ2) is 35.3. The Bertz CT molecular complexity index is 5260. The highest BCUT2D eigenvalue weighted by Gasteiger charge is 2.23. The lowest BCUT2D eigenvalue weighted by atomic mass is 9.86. The molecule has 9 heteroatoms. The van der Waals surface area contributed by atoms with E-state index < -0.39 is 6.85 Å². The Hall–Kier alpha value is -11.0. The molecule has 560 valence electrons. The van der Waals surface area contributed by atoms with Crippen LogP contribution in [-0.2, 0) is 37.9 Å². The summed E-state index contributed by atoms with van der Waals surface area (Å²) in [7, 11) is 0. The highest BCUT2D eigenvalue weighted by molar-refractivity contribution is 6.10. The van der Waals surface area contributed by atoms with Crippen LogP contribution in [0.4, 0.5) is 0 Å². The molecule has 15 rings (SSSR count). The Kier molecular flexibility index (Phi) is 25.2.